The maximum atomic E-state index is 11.6. The van der Waals surface area contributed by atoms with E-state index >= 15 is 0 Å². The molecule has 1 aliphatic carbocycles. The SMILES string of the molecule is CCOC(=O)c1nc2c(s1)CCCC2(C)C. The van der Waals surface area contributed by atoms with Crippen LogP contribution in [0.4, 0.5) is 0 Å². The van der Waals surface area contributed by atoms with Gasteiger partial charge in [0.05, 0.1) is 12.3 Å². The van der Waals surface area contributed by atoms with Crippen molar-refractivity contribution < 1.29 is 9.53 Å². The molecule has 1 heterocycles. The molecule has 0 N–H and O–H groups in total. The molecule has 16 heavy (non-hydrogen) atoms. The van der Waals surface area contributed by atoms with Gasteiger partial charge in [-0.25, -0.2) is 9.78 Å². The highest BCUT2D eigenvalue weighted by molar-refractivity contribution is 7.13. The average molecular weight is 239 g/mol. The summed E-state index contributed by atoms with van der Waals surface area (Å²) >= 11 is 1.50. The van der Waals surface area contributed by atoms with E-state index in [0.29, 0.717) is 11.6 Å². The van der Waals surface area contributed by atoms with E-state index in [1.807, 2.05) is 6.92 Å². The van der Waals surface area contributed by atoms with E-state index in [2.05, 4.69) is 18.8 Å². The quantitative estimate of drug-likeness (QED) is 0.745. The van der Waals surface area contributed by atoms with Crippen molar-refractivity contribution in [2.75, 3.05) is 6.61 Å². The van der Waals surface area contributed by atoms with Crippen LogP contribution in [0, 0.1) is 0 Å². The lowest BCUT2D eigenvalue weighted by Crippen LogP contribution is -2.23. The molecular weight excluding hydrogens is 222 g/mol. The number of esters is 1. The maximum Gasteiger partial charge on any atom is 0.367 e. The fourth-order valence-electron chi connectivity index (χ4n) is 2.14. The lowest BCUT2D eigenvalue weighted by Gasteiger charge is -2.27. The molecule has 0 fully saturated rings. The molecule has 0 amide bonds. The van der Waals surface area contributed by atoms with Gasteiger partial charge >= 0.3 is 5.97 Å². The van der Waals surface area contributed by atoms with Gasteiger partial charge in [-0.2, -0.15) is 0 Å². The number of carbonyl (C=O) groups excluding carboxylic acids is 1. The third kappa shape index (κ3) is 1.98. The van der Waals surface area contributed by atoms with Crippen LogP contribution >= 0.6 is 11.3 Å². The van der Waals surface area contributed by atoms with Crippen molar-refractivity contribution >= 4 is 17.3 Å². The predicted octanol–water partition coefficient (Wildman–Crippen LogP) is 2.93. The van der Waals surface area contributed by atoms with Crippen molar-refractivity contribution in [3.63, 3.8) is 0 Å². The molecule has 0 atom stereocenters. The lowest BCUT2D eigenvalue weighted by atomic mass is 9.79. The van der Waals surface area contributed by atoms with Crippen molar-refractivity contribution in [3.05, 3.63) is 15.6 Å². The normalized spacial score (nSPS) is 17.9. The Bertz CT molecular complexity index is 409. The van der Waals surface area contributed by atoms with Gasteiger partial charge in [0, 0.05) is 10.3 Å². The Labute approximate surface area is 99.8 Å². The molecule has 1 aromatic heterocycles. The number of thiazole rings is 1. The molecule has 0 aromatic carbocycles. The molecule has 4 heteroatoms. The Hall–Kier alpha value is -0.900. The number of ether oxygens (including phenoxy) is 1. The highest BCUT2D eigenvalue weighted by atomic mass is 32.1. The number of aromatic nitrogens is 1. The summed E-state index contributed by atoms with van der Waals surface area (Å²) in [7, 11) is 0. The van der Waals surface area contributed by atoms with E-state index in [1.165, 1.54) is 22.6 Å². The van der Waals surface area contributed by atoms with Gasteiger partial charge in [0.25, 0.3) is 0 Å². The summed E-state index contributed by atoms with van der Waals surface area (Å²) in [5.41, 5.74) is 1.21. The molecule has 0 saturated carbocycles. The minimum Gasteiger partial charge on any atom is -0.461 e. The van der Waals surface area contributed by atoms with Gasteiger partial charge in [0.1, 0.15) is 0 Å². The summed E-state index contributed by atoms with van der Waals surface area (Å²) in [6.07, 6.45) is 3.38. The van der Waals surface area contributed by atoms with E-state index in [9.17, 15) is 4.79 Å². The number of nitrogens with zero attached hydrogens (tertiary/aromatic N) is 1. The van der Waals surface area contributed by atoms with Crippen molar-refractivity contribution in [2.24, 2.45) is 0 Å². The fourth-order valence-corrected chi connectivity index (χ4v) is 3.32. The van der Waals surface area contributed by atoms with Crippen LogP contribution in [0.5, 0.6) is 0 Å². The molecule has 0 saturated heterocycles. The summed E-state index contributed by atoms with van der Waals surface area (Å²) in [6, 6.07) is 0. The molecule has 0 bridgehead atoms. The van der Waals surface area contributed by atoms with Crippen LogP contribution in [-0.2, 0) is 16.6 Å². The number of rotatable bonds is 2. The van der Waals surface area contributed by atoms with Gasteiger partial charge in [0.15, 0.2) is 0 Å². The first-order valence-electron chi connectivity index (χ1n) is 5.72. The highest BCUT2D eigenvalue weighted by Crippen LogP contribution is 2.38. The van der Waals surface area contributed by atoms with Gasteiger partial charge in [0.2, 0.25) is 5.01 Å². The van der Waals surface area contributed by atoms with E-state index in [-0.39, 0.29) is 11.4 Å². The first-order valence-corrected chi connectivity index (χ1v) is 6.53. The van der Waals surface area contributed by atoms with Crippen LogP contribution in [0.25, 0.3) is 0 Å². The molecule has 1 aliphatic rings. The largest absolute Gasteiger partial charge is 0.461 e. The number of hydrogen-bond donors (Lipinski definition) is 0. The van der Waals surface area contributed by atoms with Crippen molar-refractivity contribution in [1.29, 1.82) is 0 Å². The predicted molar refractivity (Wildman–Crippen MR) is 64.0 cm³/mol. The third-order valence-electron chi connectivity index (χ3n) is 2.99. The Morgan fingerprint density at radius 1 is 1.56 bits per heavy atom. The molecular formula is C12H17NO2S. The summed E-state index contributed by atoms with van der Waals surface area (Å²) in [5.74, 6) is -0.280. The summed E-state index contributed by atoms with van der Waals surface area (Å²) in [4.78, 5) is 17.3. The smallest absolute Gasteiger partial charge is 0.367 e. The Morgan fingerprint density at radius 2 is 2.31 bits per heavy atom. The van der Waals surface area contributed by atoms with Gasteiger partial charge < -0.3 is 4.74 Å². The molecule has 3 nitrogen and oxygen atoms in total. The van der Waals surface area contributed by atoms with Crippen LogP contribution in [0.1, 0.15) is 54.0 Å². The minimum absolute atomic E-state index is 0.106. The van der Waals surface area contributed by atoms with E-state index in [4.69, 9.17) is 4.74 Å². The molecule has 2 rings (SSSR count). The molecule has 0 radical (unpaired) electrons. The second kappa shape index (κ2) is 4.17. The Morgan fingerprint density at radius 3 is 2.94 bits per heavy atom. The van der Waals surface area contributed by atoms with Crippen LogP contribution in [-0.4, -0.2) is 17.6 Å². The summed E-state index contributed by atoms with van der Waals surface area (Å²) in [5, 5.41) is 0.516. The molecule has 0 spiro atoms. The molecule has 0 unspecified atom stereocenters. The van der Waals surface area contributed by atoms with E-state index in [1.54, 1.807) is 0 Å². The zero-order valence-corrected chi connectivity index (χ0v) is 10.8. The van der Waals surface area contributed by atoms with Gasteiger partial charge in [-0.05, 0) is 26.2 Å². The van der Waals surface area contributed by atoms with Crippen molar-refractivity contribution in [2.45, 2.75) is 45.4 Å². The standard InChI is InChI=1S/C12H17NO2S/c1-4-15-11(14)10-13-9-8(16-10)6-5-7-12(9,2)3/h4-7H2,1-3H3. The van der Waals surface area contributed by atoms with Gasteiger partial charge in [-0.3, -0.25) is 0 Å². The van der Waals surface area contributed by atoms with E-state index < -0.39 is 0 Å². The lowest BCUT2D eigenvalue weighted by molar-refractivity contribution is 0.0525. The highest BCUT2D eigenvalue weighted by Gasteiger charge is 2.32. The molecule has 88 valence electrons. The van der Waals surface area contributed by atoms with Crippen LogP contribution in [0.2, 0.25) is 0 Å². The average Bonchev–Trinajstić information content (AvgIpc) is 2.63. The fraction of sp³-hybridized carbons (Fsp3) is 0.667. The van der Waals surface area contributed by atoms with Crippen molar-refractivity contribution in [1.82, 2.24) is 4.98 Å². The first kappa shape index (κ1) is 11.6. The summed E-state index contributed by atoms with van der Waals surface area (Å²) in [6.45, 7) is 6.61. The summed E-state index contributed by atoms with van der Waals surface area (Å²) < 4.78 is 4.98. The van der Waals surface area contributed by atoms with Crippen molar-refractivity contribution in [3.8, 4) is 0 Å². The topological polar surface area (TPSA) is 39.2 Å². The Balaban J connectivity index is 2.33. The maximum absolute atomic E-state index is 11.6. The monoisotopic (exact) mass is 239 g/mol. The molecule has 1 aromatic rings. The molecule has 0 aliphatic heterocycles. The zero-order valence-electron chi connectivity index (χ0n) is 10.0. The second-order valence-corrected chi connectivity index (χ2v) is 5.83. The second-order valence-electron chi connectivity index (χ2n) is 4.75. The first-order chi connectivity index (χ1) is 7.54. The van der Waals surface area contributed by atoms with Gasteiger partial charge in [-0.15, -0.1) is 11.3 Å². The number of carbonyl (C=O) groups is 1. The zero-order chi connectivity index (χ0) is 11.8. The van der Waals surface area contributed by atoms with Crippen LogP contribution in [0.15, 0.2) is 0 Å². The van der Waals surface area contributed by atoms with Crippen LogP contribution < -0.4 is 0 Å². The van der Waals surface area contributed by atoms with Gasteiger partial charge in [-0.1, -0.05) is 13.8 Å². The number of aryl methyl sites for hydroxylation is 1. The third-order valence-corrected chi connectivity index (χ3v) is 4.09. The Kier molecular flexibility index (Phi) is 3.02. The number of fused-ring (bicyclic) bond motifs is 1. The van der Waals surface area contributed by atoms with E-state index in [0.717, 1.165) is 18.5 Å². The van der Waals surface area contributed by atoms with Crippen LogP contribution in [0.3, 0.4) is 0 Å². The number of hydrogen-bond acceptors (Lipinski definition) is 4. The minimum atomic E-state index is -0.280.